The van der Waals surface area contributed by atoms with E-state index in [0.29, 0.717) is 5.56 Å². The van der Waals surface area contributed by atoms with Crippen molar-refractivity contribution in [3.63, 3.8) is 0 Å². The molecule has 0 heterocycles. The quantitative estimate of drug-likeness (QED) is 0.811. The normalized spacial score (nSPS) is 12.2. The Morgan fingerprint density at radius 1 is 1.04 bits per heavy atom. The number of carbonyl (C=O) groups is 1. The molecule has 0 aliphatic carbocycles. The van der Waals surface area contributed by atoms with Crippen molar-refractivity contribution in [2.75, 3.05) is 13.6 Å². The lowest BCUT2D eigenvalue weighted by Gasteiger charge is -2.17. The lowest BCUT2D eigenvalue weighted by atomic mass is 10.1. The second kappa shape index (κ2) is 8.10. The van der Waals surface area contributed by atoms with Crippen molar-refractivity contribution in [2.24, 2.45) is 0 Å². The molecule has 0 unspecified atom stereocenters. The van der Waals surface area contributed by atoms with Crippen molar-refractivity contribution >= 4 is 15.9 Å². The third kappa shape index (κ3) is 5.54. The first-order valence-corrected chi connectivity index (χ1v) is 9.40. The molecule has 2 aromatic rings. The van der Waals surface area contributed by atoms with Crippen LogP contribution in [-0.2, 0) is 27.5 Å². The van der Waals surface area contributed by atoms with E-state index in [1.165, 1.54) is 31.3 Å². The molecule has 0 radical (unpaired) electrons. The summed E-state index contributed by atoms with van der Waals surface area (Å²) in [7, 11) is -2.52. The number of likely N-dealkylation sites (N-methyl/N-ethyl adjacent to an activating group) is 1. The van der Waals surface area contributed by atoms with Gasteiger partial charge in [-0.25, -0.2) is 8.42 Å². The molecule has 0 atom stereocenters. The number of alkyl halides is 3. The Morgan fingerprint density at radius 3 is 2.11 bits per heavy atom. The summed E-state index contributed by atoms with van der Waals surface area (Å²) in [5, 5.41) is 2.49. The number of nitrogens with zero attached hydrogens (tertiary/aromatic N) is 1. The summed E-state index contributed by atoms with van der Waals surface area (Å²) in [6, 6.07) is 10.6. The summed E-state index contributed by atoms with van der Waals surface area (Å²) in [4.78, 5) is 12.1. The minimum Gasteiger partial charge on any atom is -0.351 e. The Hall–Kier alpha value is -2.39. The average molecular weight is 400 g/mol. The fourth-order valence-electron chi connectivity index (χ4n) is 2.25. The molecular formula is C18H19F3N2O3S. The molecule has 0 saturated carbocycles. The number of rotatable bonds is 6. The molecule has 2 rings (SSSR count). The van der Waals surface area contributed by atoms with Crippen LogP contribution in [0.2, 0.25) is 0 Å². The highest BCUT2D eigenvalue weighted by Crippen LogP contribution is 2.29. The van der Waals surface area contributed by atoms with Gasteiger partial charge in [0.15, 0.2) is 0 Å². The van der Waals surface area contributed by atoms with Crippen LogP contribution in [0, 0.1) is 6.92 Å². The molecule has 1 N–H and O–H groups in total. The Balaban J connectivity index is 1.94. The fourth-order valence-corrected chi connectivity index (χ4v) is 3.37. The molecule has 0 aromatic heterocycles. The molecule has 146 valence electrons. The van der Waals surface area contributed by atoms with Crippen LogP contribution >= 0.6 is 0 Å². The lowest BCUT2D eigenvalue weighted by molar-refractivity contribution is -0.137. The number of halogens is 3. The van der Waals surface area contributed by atoms with E-state index < -0.39 is 34.2 Å². The zero-order chi connectivity index (χ0) is 20.2. The molecule has 0 aliphatic rings. The molecule has 9 heteroatoms. The standard InChI is InChI=1S/C18H19F3N2O3S/c1-13-3-9-16(10-4-13)27(25,26)23(2)12-17(24)22-11-14-5-7-15(8-6-14)18(19,20)21/h3-10H,11-12H2,1-2H3,(H,22,24). The van der Waals surface area contributed by atoms with E-state index in [-0.39, 0.29) is 11.4 Å². The Kier molecular flexibility index (Phi) is 6.27. The van der Waals surface area contributed by atoms with Gasteiger partial charge in [-0.2, -0.15) is 17.5 Å². The maximum absolute atomic E-state index is 12.5. The second-order valence-corrected chi connectivity index (χ2v) is 8.09. The van der Waals surface area contributed by atoms with Crippen LogP contribution in [0.15, 0.2) is 53.4 Å². The van der Waals surface area contributed by atoms with Crippen molar-refractivity contribution in [1.82, 2.24) is 9.62 Å². The van der Waals surface area contributed by atoms with E-state index in [1.54, 1.807) is 12.1 Å². The van der Waals surface area contributed by atoms with E-state index in [0.717, 1.165) is 22.0 Å². The van der Waals surface area contributed by atoms with Crippen LogP contribution in [0.4, 0.5) is 13.2 Å². The number of carbonyl (C=O) groups excluding carboxylic acids is 1. The minimum atomic E-state index is -4.42. The summed E-state index contributed by atoms with van der Waals surface area (Å²) >= 11 is 0. The largest absolute Gasteiger partial charge is 0.416 e. The van der Waals surface area contributed by atoms with Crippen molar-refractivity contribution in [3.05, 3.63) is 65.2 Å². The van der Waals surface area contributed by atoms with E-state index in [9.17, 15) is 26.4 Å². The number of amides is 1. The summed E-state index contributed by atoms with van der Waals surface area (Å²) in [5.41, 5.74) is 0.604. The first-order chi connectivity index (χ1) is 12.5. The van der Waals surface area contributed by atoms with E-state index in [1.807, 2.05) is 6.92 Å². The number of nitrogens with one attached hydrogen (secondary N) is 1. The van der Waals surface area contributed by atoms with Crippen molar-refractivity contribution < 1.29 is 26.4 Å². The van der Waals surface area contributed by atoms with E-state index in [4.69, 9.17) is 0 Å². The number of hydrogen-bond donors (Lipinski definition) is 1. The molecule has 0 saturated heterocycles. The summed E-state index contributed by atoms with van der Waals surface area (Å²) in [6.07, 6.45) is -4.42. The van der Waals surface area contributed by atoms with Gasteiger partial charge >= 0.3 is 6.18 Å². The number of hydrogen-bond acceptors (Lipinski definition) is 3. The second-order valence-electron chi connectivity index (χ2n) is 6.05. The minimum absolute atomic E-state index is 0.00457. The van der Waals surface area contributed by atoms with Gasteiger partial charge in [-0.05, 0) is 36.8 Å². The van der Waals surface area contributed by atoms with Crippen molar-refractivity contribution in [1.29, 1.82) is 0 Å². The summed E-state index contributed by atoms with van der Waals surface area (Å²) < 4.78 is 63.3. The highest BCUT2D eigenvalue weighted by molar-refractivity contribution is 7.89. The number of benzene rings is 2. The van der Waals surface area contributed by atoms with Crippen molar-refractivity contribution in [3.8, 4) is 0 Å². The molecule has 0 bridgehead atoms. The molecule has 5 nitrogen and oxygen atoms in total. The third-order valence-electron chi connectivity index (χ3n) is 3.87. The van der Waals surface area contributed by atoms with Crippen LogP contribution in [0.25, 0.3) is 0 Å². The van der Waals surface area contributed by atoms with Gasteiger partial charge in [-0.3, -0.25) is 4.79 Å². The first kappa shape index (κ1) is 20.9. The fraction of sp³-hybridized carbons (Fsp3) is 0.278. The molecular weight excluding hydrogens is 381 g/mol. The van der Waals surface area contributed by atoms with Gasteiger partial charge in [-0.15, -0.1) is 0 Å². The van der Waals surface area contributed by atoms with Gasteiger partial charge < -0.3 is 5.32 Å². The smallest absolute Gasteiger partial charge is 0.351 e. The predicted molar refractivity (Wildman–Crippen MR) is 94.3 cm³/mol. The Bertz CT molecular complexity index is 893. The molecule has 2 aromatic carbocycles. The number of aryl methyl sites for hydroxylation is 1. The maximum atomic E-state index is 12.5. The molecule has 0 spiro atoms. The predicted octanol–water partition coefficient (Wildman–Crippen LogP) is 2.95. The summed E-state index contributed by atoms with van der Waals surface area (Å²) in [5.74, 6) is -0.562. The van der Waals surface area contributed by atoms with Gasteiger partial charge in [0, 0.05) is 13.6 Å². The lowest BCUT2D eigenvalue weighted by Crippen LogP contribution is -2.38. The van der Waals surface area contributed by atoms with E-state index in [2.05, 4.69) is 5.32 Å². The van der Waals surface area contributed by atoms with Gasteiger partial charge in [0.25, 0.3) is 0 Å². The first-order valence-electron chi connectivity index (χ1n) is 7.96. The summed E-state index contributed by atoms with van der Waals surface area (Å²) in [6.45, 7) is 1.42. The number of sulfonamides is 1. The highest BCUT2D eigenvalue weighted by atomic mass is 32.2. The molecule has 1 amide bonds. The zero-order valence-corrected chi connectivity index (χ0v) is 15.6. The Morgan fingerprint density at radius 2 is 1.59 bits per heavy atom. The van der Waals surface area contributed by atoms with Gasteiger partial charge in [0.1, 0.15) is 0 Å². The van der Waals surface area contributed by atoms with Crippen molar-refractivity contribution in [2.45, 2.75) is 24.5 Å². The van der Waals surface area contributed by atoms with Crippen LogP contribution in [-0.4, -0.2) is 32.2 Å². The maximum Gasteiger partial charge on any atom is 0.416 e. The molecule has 0 fully saturated rings. The van der Waals surface area contributed by atoms with Gasteiger partial charge in [-0.1, -0.05) is 29.8 Å². The van der Waals surface area contributed by atoms with Crippen LogP contribution in [0.1, 0.15) is 16.7 Å². The average Bonchev–Trinajstić information content (AvgIpc) is 2.60. The SMILES string of the molecule is Cc1ccc(S(=O)(=O)N(C)CC(=O)NCc2ccc(C(F)(F)F)cc2)cc1. The highest BCUT2D eigenvalue weighted by Gasteiger charge is 2.30. The van der Waals surface area contributed by atoms with Crippen LogP contribution < -0.4 is 5.32 Å². The van der Waals surface area contributed by atoms with E-state index >= 15 is 0 Å². The molecule has 0 aliphatic heterocycles. The monoisotopic (exact) mass is 400 g/mol. The van der Waals surface area contributed by atoms with Gasteiger partial charge in [0.2, 0.25) is 15.9 Å². The Labute approximate surface area is 155 Å². The van der Waals surface area contributed by atoms with Crippen LogP contribution in [0.3, 0.4) is 0 Å². The molecule has 27 heavy (non-hydrogen) atoms. The third-order valence-corrected chi connectivity index (χ3v) is 5.68. The van der Waals surface area contributed by atoms with Crippen LogP contribution in [0.5, 0.6) is 0 Å². The zero-order valence-electron chi connectivity index (χ0n) is 14.7. The topological polar surface area (TPSA) is 66.5 Å². The van der Waals surface area contributed by atoms with Gasteiger partial charge in [0.05, 0.1) is 17.0 Å².